The number of aliphatic hydroxyl groups is 1. The first-order valence-electron chi connectivity index (χ1n) is 8.58. The van der Waals surface area contributed by atoms with Crippen LogP contribution in [0.25, 0.3) is 6.08 Å². The Hall–Kier alpha value is -2.70. The minimum Gasteiger partial charge on any atom is -0.391 e. The highest BCUT2D eigenvalue weighted by Crippen LogP contribution is 2.30. The topological polar surface area (TPSA) is 100 Å². The van der Waals surface area contributed by atoms with Gasteiger partial charge in [-0.05, 0) is 13.0 Å². The molecule has 12 heteroatoms. The predicted octanol–water partition coefficient (Wildman–Crippen LogP) is 2.55. The lowest BCUT2D eigenvalue weighted by Crippen LogP contribution is -2.39. The van der Waals surface area contributed by atoms with E-state index in [0.29, 0.717) is 12.1 Å². The molecule has 2 atom stereocenters. The van der Waals surface area contributed by atoms with Crippen molar-refractivity contribution in [1.82, 2.24) is 9.29 Å². The fourth-order valence-electron chi connectivity index (χ4n) is 3.05. The Bertz CT molecular complexity index is 1140. The summed E-state index contributed by atoms with van der Waals surface area (Å²) in [6, 6.07) is 0.196. The van der Waals surface area contributed by atoms with Crippen LogP contribution in [0.4, 0.5) is 23.2 Å². The zero-order valence-corrected chi connectivity index (χ0v) is 16.5. The quantitative estimate of drug-likeness (QED) is 0.627. The first kappa shape index (κ1) is 22.0. The first-order valence-corrected chi connectivity index (χ1v) is 10.1. The highest BCUT2D eigenvalue weighted by molar-refractivity contribution is 7.89. The molecular weight excluding hydrogens is 430 g/mol. The smallest absolute Gasteiger partial charge is 0.272 e. The Morgan fingerprint density at radius 3 is 2.57 bits per heavy atom. The third-order valence-electron chi connectivity index (χ3n) is 4.52. The number of nitrogens with one attached hydrogen (secondary N) is 2. The van der Waals surface area contributed by atoms with Crippen LogP contribution in [0.3, 0.4) is 0 Å². The Labute approximate surface area is 169 Å². The van der Waals surface area contributed by atoms with Crippen molar-refractivity contribution in [2.75, 3.05) is 5.32 Å². The molecule has 0 saturated heterocycles. The van der Waals surface area contributed by atoms with Crippen molar-refractivity contribution in [2.24, 2.45) is 7.05 Å². The molecule has 0 aliphatic carbocycles. The van der Waals surface area contributed by atoms with E-state index in [1.807, 2.05) is 0 Å². The molecule has 0 unspecified atom stereocenters. The number of benzene rings is 1. The van der Waals surface area contributed by atoms with Gasteiger partial charge in [-0.25, -0.2) is 30.7 Å². The molecule has 30 heavy (non-hydrogen) atoms. The number of fused-ring (bicyclic) bond motifs is 1. The number of sulfonamides is 1. The number of alkyl halides is 2. The predicted molar refractivity (Wildman–Crippen MR) is 99.5 cm³/mol. The van der Waals surface area contributed by atoms with Gasteiger partial charge in [-0.2, -0.15) is 0 Å². The summed E-state index contributed by atoms with van der Waals surface area (Å²) in [5, 5.41) is 11.9. The lowest BCUT2D eigenvalue weighted by atomic mass is 10.1. The molecule has 0 fully saturated rings. The van der Waals surface area contributed by atoms with Crippen LogP contribution in [-0.4, -0.2) is 36.1 Å². The number of hydrogen-bond donors (Lipinski definition) is 3. The number of anilines is 1. The van der Waals surface area contributed by atoms with Gasteiger partial charge in [0.2, 0.25) is 10.0 Å². The van der Waals surface area contributed by atoms with Crippen LogP contribution in [0.1, 0.15) is 35.0 Å². The van der Waals surface area contributed by atoms with Gasteiger partial charge in [0.1, 0.15) is 10.6 Å². The van der Waals surface area contributed by atoms with E-state index in [9.17, 15) is 35.9 Å². The number of hydrogen-bond acceptors (Lipinski definition) is 4. The van der Waals surface area contributed by atoms with E-state index in [1.54, 1.807) is 0 Å². The van der Waals surface area contributed by atoms with E-state index in [0.717, 1.165) is 6.20 Å². The molecule has 2 heterocycles. The second kappa shape index (κ2) is 7.85. The molecule has 1 aliphatic rings. The van der Waals surface area contributed by atoms with Crippen molar-refractivity contribution in [2.45, 2.75) is 30.4 Å². The van der Waals surface area contributed by atoms with E-state index < -0.39 is 57.4 Å². The number of rotatable bonds is 4. The molecular formula is C18H17F4N3O4S. The second-order valence-electron chi connectivity index (χ2n) is 6.73. The standard InChI is InChI=1S/C18H17F4N3O4S/c1-8(26)13-4-3-10-14(30(28,29)24-13)7-25(2)16(10)18(27)23-9-5-11(17(21)22)15(20)12(19)6-9/h3-8,13,17,24,26H,1-2H3,(H,23,27)/t8-,13+/m0/s1. The van der Waals surface area contributed by atoms with E-state index in [-0.39, 0.29) is 16.2 Å². The number of carbonyl (C=O) groups excluding carboxylic acids is 1. The molecule has 1 aromatic carbocycles. The summed E-state index contributed by atoms with van der Waals surface area (Å²) in [4.78, 5) is 12.5. The molecule has 3 N–H and O–H groups in total. The molecule has 0 saturated carbocycles. The first-order chi connectivity index (χ1) is 13.9. The molecule has 1 aromatic heterocycles. The molecule has 1 aliphatic heterocycles. The highest BCUT2D eigenvalue weighted by atomic mass is 32.2. The molecule has 0 bridgehead atoms. The number of aliphatic hydroxyl groups excluding tert-OH is 1. The number of nitrogens with zero attached hydrogens (tertiary/aromatic N) is 1. The van der Waals surface area contributed by atoms with Crippen molar-refractivity contribution in [3.8, 4) is 0 Å². The van der Waals surface area contributed by atoms with Crippen molar-refractivity contribution >= 4 is 27.7 Å². The monoisotopic (exact) mass is 447 g/mol. The van der Waals surface area contributed by atoms with Crippen LogP contribution in [0.2, 0.25) is 0 Å². The van der Waals surface area contributed by atoms with E-state index in [1.165, 1.54) is 30.7 Å². The second-order valence-corrected chi connectivity index (χ2v) is 8.41. The molecule has 3 rings (SSSR count). The summed E-state index contributed by atoms with van der Waals surface area (Å²) < 4.78 is 81.5. The lowest BCUT2D eigenvalue weighted by molar-refractivity contribution is 0.101. The number of aromatic nitrogens is 1. The number of aryl methyl sites for hydroxylation is 1. The van der Waals surface area contributed by atoms with Gasteiger partial charge in [0.25, 0.3) is 12.3 Å². The van der Waals surface area contributed by atoms with Gasteiger partial charge in [-0.3, -0.25) is 4.79 Å². The molecule has 1 amide bonds. The largest absolute Gasteiger partial charge is 0.391 e. The number of carbonyl (C=O) groups is 1. The minimum absolute atomic E-state index is 0.0117. The van der Waals surface area contributed by atoms with E-state index in [4.69, 9.17) is 0 Å². The fraction of sp³-hybridized carbons (Fsp3) is 0.278. The number of amides is 1. The maximum absolute atomic E-state index is 13.6. The van der Waals surface area contributed by atoms with Gasteiger partial charge in [0.15, 0.2) is 11.6 Å². The highest BCUT2D eigenvalue weighted by Gasteiger charge is 2.32. The van der Waals surface area contributed by atoms with Gasteiger partial charge >= 0.3 is 0 Å². The summed E-state index contributed by atoms with van der Waals surface area (Å²) >= 11 is 0. The Morgan fingerprint density at radius 1 is 1.30 bits per heavy atom. The normalized spacial score (nSPS) is 18.7. The van der Waals surface area contributed by atoms with Crippen LogP contribution in [-0.2, 0) is 17.1 Å². The molecule has 0 spiro atoms. The van der Waals surface area contributed by atoms with Crippen LogP contribution in [0.15, 0.2) is 29.3 Å². The van der Waals surface area contributed by atoms with Gasteiger partial charge in [-0.15, -0.1) is 0 Å². The Kier molecular flexibility index (Phi) is 5.76. The molecule has 0 radical (unpaired) electrons. The Morgan fingerprint density at radius 2 is 1.97 bits per heavy atom. The summed E-state index contributed by atoms with van der Waals surface area (Å²) in [7, 11) is -2.71. The zero-order chi connectivity index (χ0) is 22.4. The third kappa shape index (κ3) is 3.98. The molecule has 2 aromatic rings. The minimum atomic E-state index is -4.09. The van der Waals surface area contributed by atoms with E-state index in [2.05, 4.69) is 10.0 Å². The maximum atomic E-state index is 13.6. The summed E-state index contributed by atoms with van der Waals surface area (Å²) in [6.07, 6.45) is -0.510. The maximum Gasteiger partial charge on any atom is 0.272 e. The molecule has 7 nitrogen and oxygen atoms in total. The van der Waals surface area contributed by atoms with Gasteiger partial charge in [0, 0.05) is 30.6 Å². The van der Waals surface area contributed by atoms with Crippen molar-refractivity contribution in [1.29, 1.82) is 0 Å². The average Bonchev–Trinajstić information content (AvgIpc) is 2.91. The lowest BCUT2D eigenvalue weighted by Gasteiger charge is -2.15. The summed E-state index contributed by atoms with van der Waals surface area (Å²) in [5.41, 5.74) is -1.82. The zero-order valence-electron chi connectivity index (χ0n) is 15.7. The van der Waals surface area contributed by atoms with Gasteiger partial charge < -0.3 is 15.0 Å². The van der Waals surface area contributed by atoms with Crippen LogP contribution in [0, 0.1) is 11.6 Å². The fourth-order valence-corrected chi connectivity index (χ4v) is 4.56. The van der Waals surface area contributed by atoms with Crippen LogP contribution >= 0.6 is 0 Å². The van der Waals surface area contributed by atoms with Crippen molar-refractivity contribution < 1.29 is 35.9 Å². The van der Waals surface area contributed by atoms with Crippen molar-refractivity contribution in [3.63, 3.8) is 0 Å². The van der Waals surface area contributed by atoms with Crippen LogP contribution in [0.5, 0.6) is 0 Å². The SMILES string of the molecule is C[C@H](O)[C@H]1C=Cc2c(cn(C)c2C(=O)Nc2cc(F)c(F)c(C(F)F)c2)S(=O)(=O)N1. The third-order valence-corrected chi connectivity index (χ3v) is 6.01. The van der Waals surface area contributed by atoms with E-state index >= 15 is 0 Å². The van der Waals surface area contributed by atoms with Gasteiger partial charge in [0.05, 0.1) is 17.7 Å². The van der Waals surface area contributed by atoms with Gasteiger partial charge in [-0.1, -0.05) is 12.2 Å². The molecule has 162 valence electrons. The number of halogens is 4. The van der Waals surface area contributed by atoms with Crippen molar-refractivity contribution in [3.05, 3.63) is 52.9 Å². The van der Waals surface area contributed by atoms with Crippen LogP contribution < -0.4 is 10.0 Å². The summed E-state index contributed by atoms with van der Waals surface area (Å²) in [5.74, 6) is -4.22. The summed E-state index contributed by atoms with van der Waals surface area (Å²) in [6.45, 7) is 1.38. The Balaban J connectivity index is 2.04. The average molecular weight is 447 g/mol.